The number of nitro benzene ring substituents is 1. The Balaban J connectivity index is 2.44. The second-order valence-electron chi connectivity index (χ2n) is 6.77. The highest BCUT2D eigenvalue weighted by Crippen LogP contribution is 2.32. The van der Waals surface area contributed by atoms with E-state index in [-0.39, 0.29) is 11.7 Å². The molecule has 26 heavy (non-hydrogen) atoms. The molecule has 0 spiro atoms. The molecular formula is C20H27N3O3. The van der Waals surface area contributed by atoms with Crippen molar-refractivity contribution in [3.63, 3.8) is 0 Å². The van der Waals surface area contributed by atoms with Crippen LogP contribution in [0, 0.1) is 17.0 Å². The number of nitro groups is 1. The van der Waals surface area contributed by atoms with Gasteiger partial charge in [0.05, 0.1) is 10.5 Å². The number of carbonyl (C=O) groups excluding carboxylic acids is 1. The molecule has 0 bridgehead atoms. The maximum Gasteiger partial charge on any atom is 0.270 e. The zero-order valence-corrected chi connectivity index (χ0v) is 15.7. The first-order valence-electron chi connectivity index (χ1n) is 9.13. The molecular weight excluding hydrogens is 330 g/mol. The first-order valence-corrected chi connectivity index (χ1v) is 9.13. The smallest absolute Gasteiger partial charge is 0.270 e. The summed E-state index contributed by atoms with van der Waals surface area (Å²) in [6.07, 6.45) is 5.65. The van der Waals surface area contributed by atoms with E-state index in [1.165, 1.54) is 25.3 Å². The van der Waals surface area contributed by atoms with Crippen LogP contribution in [-0.2, 0) is 0 Å². The number of primary amides is 1. The molecule has 1 amide bonds. The number of benzene rings is 1. The van der Waals surface area contributed by atoms with Gasteiger partial charge in [-0.25, -0.2) is 0 Å². The third-order valence-corrected chi connectivity index (χ3v) is 4.83. The van der Waals surface area contributed by atoms with Gasteiger partial charge in [0.1, 0.15) is 0 Å². The zero-order chi connectivity index (χ0) is 19.3. The summed E-state index contributed by atoms with van der Waals surface area (Å²) in [6.45, 7) is 6.17. The molecule has 6 heteroatoms. The summed E-state index contributed by atoms with van der Waals surface area (Å²) in [7, 11) is 0. The first-order chi connectivity index (χ1) is 12.4. The Kier molecular flexibility index (Phi) is 6.55. The molecule has 1 aromatic carbocycles. The van der Waals surface area contributed by atoms with Gasteiger partial charge in [0, 0.05) is 35.1 Å². The van der Waals surface area contributed by atoms with Crippen molar-refractivity contribution in [1.82, 2.24) is 4.57 Å². The lowest BCUT2D eigenvalue weighted by atomic mass is 10.1. The number of unbranched alkanes of at least 4 members (excludes halogenated alkanes) is 3. The van der Waals surface area contributed by atoms with Gasteiger partial charge in [-0.2, -0.15) is 0 Å². The molecule has 140 valence electrons. The molecule has 1 atom stereocenters. The standard InChI is InChI=1S/C20H27N3O3/c1-4-5-6-7-9-14(2)22-15(3)18(20(21)24)13-19(22)16-10-8-11-17(12-16)23(25)26/h8,10-14H,4-7,9H2,1-3H3,(H2,21,24). The van der Waals surface area contributed by atoms with Gasteiger partial charge in [0.25, 0.3) is 11.6 Å². The molecule has 0 radical (unpaired) electrons. The summed E-state index contributed by atoms with van der Waals surface area (Å²) in [5.74, 6) is -0.480. The minimum Gasteiger partial charge on any atom is -0.366 e. The van der Waals surface area contributed by atoms with Crippen LogP contribution in [-0.4, -0.2) is 15.4 Å². The highest BCUT2D eigenvalue weighted by atomic mass is 16.6. The topological polar surface area (TPSA) is 91.2 Å². The van der Waals surface area contributed by atoms with Crippen LogP contribution < -0.4 is 5.73 Å². The van der Waals surface area contributed by atoms with Gasteiger partial charge >= 0.3 is 0 Å². The average Bonchev–Trinajstić information content (AvgIpc) is 2.96. The summed E-state index contributed by atoms with van der Waals surface area (Å²) in [5, 5.41) is 11.1. The Hall–Kier alpha value is -2.63. The number of nitrogens with zero attached hydrogens (tertiary/aromatic N) is 2. The predicted molar refractivity (Wildman–Crippen MR) is 103 cm³/mol. The van der Waals surface area contributed by atoms with Gasteiger partial charge in [-0.3, -0.25) is 14.9 Å². The van der Waals surface area contributed by atoms with Crippen LogP contribution in [0.15, 0.2) is 30.3 Å². The van der Waals surface area contributed by atoms with E-state index in [0.717, 1.165) is 29.8 Å². The highest BCUT2D eigenvalue weighted by molar-refractivity contribution is 5.95. The van der Waals surface area contributed by atoms with Crippen molar-refractivity contribution in [2.45, 2.75) is 58.9 Å². The number of aromatic nitrogens is 1. The fourth-order valence-electron chi connectivity index (χ4n) is 3.44. The summed E-state index contributed by atoms with van der Waals surface area (Å²) in [4.78, 5) is 22.5. The monoisotopic (exact) mass is 357 g/mol. The summed E-state index contributed by atoms with van der Waals surface area (Å²) in [5.41, 5.74) is 8.35. The van der Waals surface area contributed by atoms with E-state index in [0.29, 0.717) is 5.56 Å². The Bertz CT molecular complexity index is 796. The van der Waals surface area contributed by atoms with Gasteiger partial charge < -0.3 is 10.3 Å². The van der Waals surface area contributed by atoms with Crippen LogP contribution in [0.5, 0.6) is 0 Å². The van der Waals surface area contributed by atoms with Crippen molar-refractivity contribution in [2.24, 2.45) is 5.73 Å². The van der Waals surface area contributed by atoms with Crippen LogP contribution in [0.25, 0.3) is 11.3 Å². The number of hydrogen-bond acceptors (Lipinski definition) is 3. The SMILES string of the molecule is CCCCCCC(C)n1c(-c2cccc([N+](=O)[O-])c2)cc(C(N)=O)c1C. The van der Waals surface area contributed by atoms with Crippen molar-refractivity contribution >= 4 is 11.6 Å². The summed E-state index contributed by atoms with van der Waals surface area (Å²) < 4.78 is 2.09. The van der Waals surface area contributed by atoms with Gasteiger partial charge in [0.2, 0.25) is 0 Å². The minimum atomic E-state index is -0.480. The quantitative estimate of drug-likeness (QED) is 0.389. The van der Waals surface area contributed by atoms with Crippen LogP contribution in [0.2, 0.25) is 0 Å². The zero-order valence-electron chi connectivity index (χ0n) is 15.7. The molecule has 0 saturated carbocycles. The normalized spacial score (nSPS) is 12.1. The third kappa shape index (κ3) is 4.31. The maximum absolute atomic E-state index is 11.8. The molecule has 2 N–H and O–H groups in total. The van der Waals surface area contributed by atoms with E-state index in [1.807, 2.05) is 13.0 Å². The molecule has 0 aliphatic heterocycles. The number of rotatable bonds is 9. The second kappa shape index (κ2) is 8.65. The molecule has 2 aromatic rings. The first kappa shape index (κ1) is 19.7. The lowest BCUT2D eigenvalue weighted by molar-refractivity contribution is -0.384. The van der Waals surface area contributed by atoms with Gasteiger partial charge in [-0.15, -0.1) is 0 Å². The molecule has 0 fully saturated rings. The number of amides is 1. The molecule has 1 unspecified atom stereocenters. The minimum absolute atomic E-state index is 0.0316. The van der Waals surface area contributed by atoms with E-state index >= 15 is 0 Å². The Morgan fingerprint density at radius 2 is 2.00 bits per heavy atom. The third-order valence-electron chi connectivity index (χ3n) is 4.83. The van der Waals surface area contributed by atoms with Gasteiger partial charge in [-0.1, -0.05) is 44.7 Å². The Labute approximate surface area is 154 Å². The largest absolute Gasteiger partial charge is 0.366 e. The molecule has 0 aliphatic carbocycles. The van der Waals surface area contributed by atoms with Crippen molar-refractivity contribution < 1.29 is 9.72 Å². The van der Waals surface area contributed by atoms with Crippen LogP contribution in [0.4, 0.5) is 5.69 Å². The van der Waals surface area contributed by atoms with Crippen LogP contribution in [0.3, 0.4) is 0 Å². The maximum atomic E-state index is 11.8. The van der Waals surface area contributed by atoms with Crippen molar-refractivity contribution in [3.05, 3.63) is 51.7 Å². The molecule has 0 aliphatic rings. The number of hydrogen-bond donors (Lipinski definition) is 1. The van der Waals surface area contributed by atoms with Crippen molar-refractivity contribution in [3.8, 4) is 11.3 Å². The molecule has 1 aromatic heterocycles. The van der Waals surface area contributed by atoms with Gasteiger partial charge in [0.15, 0.2) is 0 Å². The highest BCUT2D eigenvalue weighted by Gasteiger charge is 2.21. The van der Waals surface area contributed by atoms with E-state index in [1.54, 1.807) is 18.2 Å². The van der Waals surface area contributed by atoms with E-state index in [9.17, 15) is 14.9 Å². The van der Waals surface area contributed by atoms with Crippen LogP contribution in [0.1, 0.15) is 68.0 Å². The number of non-ortho nitro benzene ring substituents is 1. The fourth-order valence-corrected chi connectivity index (χ4v) is 3.44. The Morgan fingerprint density at radius 1 is 1.27 bits per heavy atom. The fraction of sp³-hybridized carbons (Fsp3) is 0.450. The predicted octanol–water partition coefficient (Wildman–Crippen LogP) is 5.00. The molecule has 2 rings (SSSR count). The molecule has 1 heterocycles. The van der Waals surface area contributed by atoms with Gasteiger partial charge in [-0.05, 0) is 26.3 Å². The molecule has 0 saturated heterocycles. The van der Waals surface area contributed by atoms with E-state index in [4.69, 9.17) is 5.73 Å². The number of nitrogens with two attached hydrogens (primary N) is 1. The van der Waals surface area contributed by atoms with Crippen LogP contribution >= 0.6 is 0 Å². The molecule has 6 nitrogen and oxygen atoms in total. The van der Waals surface area contributed by atoms with Crippen molar-refractivity contribution in [2.75, 3.05) is 0 Å². The van der Waals surface area contributed by atoms with E-state index < -0.39 is 10.8 Å². The van der Waals surface area contributed by atoms with Crippen molar-refractivity contribution in [1.29, 1.82) is 0 Å². The average molecular weight is 357 g/mol. The summed E-state index contributed by atoms with van der Waals surface area (Å²) in [6, 6.07) is 8.42. The number of carbonyl (C=O) groups is 1. The lowest BCUT2D eigenvalue weighted by Gasteiger charge is -2.20. The second-order valence-corrected chi connectivity index (χ2v) is 6.77. The Morgan fingerprint density at radius 3 is 2.62 bits per heavy atom. The summed E-state index contributed by atoms with van der Waals surface area (Å²) >= 11 is 0. The lowest BCUT2D eigenvalue weighted by Crippen LogP contribution is -2.14. The van der Waals surface area contributed by atoms with E-state index in [2.05, 4.69) is 18.4 Å².